The molecule has 0 aliphatic carbocycles. The highest BCUT2D eigenvalue weighted by molar-refractivity contribution is 8.14. The molecule has 2 aliphatic heterocycles. The van der Waals surface area contributed by atoms with E-state index in [4.69, 9.17) is 4.74 Å². The van der Waals surface area contributed by atoms with Gasteiger partial charge < -0.3 is 9.64 Å². The van der Waals surface area contributed by atoms with E-state index in [1.54, 1.807) is 47.5 Å². The highest BCUT2D eigenvalue weighted by Gasteiger charge is 2.43. The predicted molar refractivity (Wildman–Crippen MR) is 95.1 cm³/mol. The maximum Gasteiger partial charge on any atom is 0.289 e. The third-order valence-electron chi connectivity index (χ3n) is 4.24. The fraction of sp³-hybridized carbons (Fsp3) is 0.222. The summed E-state index contributed by atoms with van der Waals surface area (Å²) in [6, 6.07) is 12.0. The summed E-state index contributed by atoms with van der Waals surface area (Å²) < 4.78 is 5.65. The van der Waals surface area contributed by atoms with Crippen molar-refractivity contribution in [1.82, 2.24) is 14.8 Å². The van der Waals surface area contributed by atoms with Crippen LogP contribution in [0.5, 0.6) is 11.6 Å². The number of pyridine rings is 1. The van der Waals surface area contributed by atoms with E-state index in [0.717, 1.165) is 11.8 Å². The number of hydrogen-bond acceptors (Lipinski definition) is 6. The number of imide groups is 1. The van der Waals surface area contributed by atoms with Crippen LogP contribution in [0.4, 0.5) is 4.79 Å². The van der Waals surface area contributed by atoms with Crippen LogP contribution >= 0.6 is 11.8 Å². The third kappa shape index (κ3) is 3.15. The van der Waals surface area contributed by atoms with Crippen LogP contribution in [-0.2, 0) is 4.79 Å². The Hall–Kier alpha value is -2.87. The zero-order chi connectivity index (χ0) is 18.1. The van der Waals surface area contributed by atoms with E-state index < -0.39 is 0 Å². The highest BCUT2D eigenvalue weighted by atomic mass is 32.2. The summed E-state index contributed by atoms with van der Waals surface area (Å²) in [5, 5.41) is -0.224. The second kappa shape index (κ2) is 6.80. The first-order chi connectivity index (χ1) is 12.6. The van der Waals surface area contributed by atoms with Gasteiger partial charge >= 0.3 is 0 Å². The zero-order valence-corrected chi connectivity index (χ0v) is 14.5. The minimum absolute atomic E-state index is 0.153. The Kier molecular flexibility index (Phi) is 4.34. The minimum atomic E-state index is -0.224. The maximum absolute atomic E-state index is 12.6. The molecular formula is C18H15N3O4S. The monoisotopic (exact) mass is 369 g/mol. The summed E-state index contributed by atoms with van der Waals surface area (Å²) in [6.45, 7) is 0.727. The van der Waals surface area contributed by atoms with Gasteiger partial charge in [0.05, 0.1) is 11.8 Å². The number of amides is 3. The summed E-state index contributed by atoms with van der Waals surface area (Å²) in [5.41, 5.74) is 0.491. The van der Waals surface area contributed by atoms with Crippen molar-refractivity contribution < 1.29 is 19.1 Å². The van der Waals surface area contributed by atoms with E-state index >= 15 is 0 Å². The topological polar surface area (TPSA) is 79.8 Å². The van der Waals surface area contributed by atoms with Crippen LogP contribution in [0.1, 0.15) is 10.4 Å². The van der Waals surface area contributed by atoms with Crippen LogP contribution in [-0.4, -0.2) is 56.7 Å². The van der Waals surface area contributed by atoms with Crippen molar-refractivity contribution in [2.45, 2.75) is 6.04 Å². The molecule has 2 aromatic rings. The average molecular weight is 369 g/mol. The lowest BCUT2D eigenvalue weighted by Gasteiger charge is -2.42. The first-order valence-corrected chi connectivity index (χ1v) is 9.07. The zero-order valence-electron chi connectivity index (χ0n) is 13.7. The Labute approximate surface area is 153 Å². The number of carbonyl (C=O) groups is 3. The molecular weight excluding hydrogens is 354 g/mol. The van der Waals surface area contributed by atoms with Gasteiger partial charge in [-0.15, -0.1) is 0 Å². The Morgan fingerprint density at radius 3 is 2.69 bits per heavy atom. The molecule has 1 aromatic heterocycles. The smallest absolute Gasteiger partial charge is 0.289 e. The second-order valence-electron chi connectivity index (χ2n) is 5.98. The summed E-state index contributed by atoms with van der Waals surface area (Å²) >= 11 is 1.01. The van der Waals surface area contributed by atoms with E-state index in [9.17, 15) is 14.4 Å². The SMILES string of the molecule is O=C(c1cccc(Oc2ccccn2)c1)N1CC(N2C(=O)CSC2=O)C1. The molecule has 0 bridgehead atoms. The van der Waals surface area contributed by atoms with E-state index in [-0.39, 0.29) is 28.8 Å². The molecule has 2 aliphatic rings. The maximum atomic E-state index is 12.6. The van der Waals surface area contributed by atoms with Crippen LogP contribution in [0.15, 0.2) is 48.7 Å². The molecule has 0 saturated carbocycles. The number of rotatable bonds is 4. The molecule has 3 amide bonds. The minimum Gasteiger partial charge on any atom is -0.439 e. The number of ether oxygens (including phenoxy) is 1. The van der Waals surface area contributed by atoms with Gasteiger partial charge in [-0.05, 0) is 24.3 Å². The van der Waals surface area contributed by atoms with Crippen molar-refractivity contribution in [3.63, 3.8) is 0 Å². The Morgan fingerprint density at radius 2 is 2.00 bits per heavy atom. The van der Waals surface area contributed by atoms with Gasteiger partial charge in [0, 0.05) is 30.9 Å². The quantitative estimate of drug-likeness (QED) is 0.823. The highest BCUT2D eigenvalue weighted by Crippen LogP contribution is 2.28. The van der Waals surface area contributed by atoms with Gasteiger partial charge in [0.1, 0.15) is 5.75 Å². The molecule has 3 heterocycles. The van der Waals surface area contributed by atoms with Crippen LogP contribution in [0.25, 0.3) is 0 Å². The summed E-state index contributed by atoms with van der Waals surface area (Å²) in [6.07, 6.45) is 1.63. The Morgan fingerprint density at radius 1 is 1.15 bits per heavy atom. The molecule has 26 heavy (non-hydrogen) atoms. The van der Waals surface area contributed by atoms with Gasteiger partial charge in [-0.1, -0.05) is 23.9 Å². The van der Waals surface area contributed by atoms with Crippen LogP contribution < -0.4 is 4.74 Å². The van der Waals surface area contributed by atoms with Crippen LogP contribution in [0, 0.1) is 0 Å². The molecule has 2 saturated heterocycles. The lowest BCUT2D eigenvalue weighted by atomic mass is 10.0. The Balaban J connectivity index is 1.41. The molecule has 0 radical (unpaired) electrons. The number of aromatic nitrogens is 1. The second-order valence-corrected chi connectivity index (χ2v) is 6.91. The number of carbonyl (C=O) groups excluding carboxylic acids is 3. The Bertz CT molecular complexity index is 852. The van der Waals surface area contributed by atoms with Crippen molar-refractivity contribution in [2.75, 3.05) is 18.8 Å². The van der Waals surface area contributed by atoms with E-state index in [1.807, 2.05) is 6.07 Å². The van der Waals surface area contributed by atoms with Crippen molar-refractivity contribution in [1.29, 1.82) is 0 Å². The van der Waals surface area contributed by atoms with Gasteiger partial charge in [-0.25, -0.2) is 4.98 Å². The number of likely N-dealkylation sites (tertiary alicyclic amines) is 1. The fourth-order valence-electron chi connectivity index (χ4n) is 2.90. The first kappa shape index (κ1) is 16.6. The van der Waals surface area contributed by atoms with Gasteiger partial charge in [0.25, 0.3) is 11.1 Å². The molecule has 7 nitrogen and oxygen atoms in total. The molecule has 0 N–H and O–H groups in total. The molecule has 2 fully saturated rings. The third-order valence-corrected chi connectivity index (χ3v) is 5.08. The standard InChI is InChI=1S/C18H15N3O4S/c22-16-11-26-18(24)21(16)13-9-20(10-13)17(23)12-4-3-5-14(8-12)25-15-6-1-2-7-19-15/h1-8,13H,9-11H2. The van der Waals surface area contributed by atoms with Gasteiger partial charge in [-0.3, -0.25) is 19.3 Å². The molecule has 1 aromatic carbocycles. The van der Waals surface area contributed by atoms with E-state index in [0.29, 0.717) is 30.3 Å². The largest absolute Gasteiger partial charge is 0.439 e. The van der Waals surface area contributed by atoms with Gasteiger partial charge in [-0.2, -0.15) is 0 Å². The predicted octanol–water partition coefficient (Wildman–Crippen LogP) is 2.39. The molecule has 4 rings (SSSR count). The number of thioether (sulfide) groups is 1. The molecule has 0 spiro atoms. The first-order valence-electron chi connectivity index (χ1n) is 8.09. The number of hydrogen-bond donors (Lipinski definition) is 0. The molecule has 0 atom stereocenters. The fourth-order valence-corrected chi connectivity index (χ4v) is 3.68. The van der Waals surface area contributed by atoms with E-state index in [1.165, 1.54) is 4.90 Å². The summed E-state index contributed by atoms with van der Waals surface area (Å²) in [5.74, 6) is 0.829. The molecule has 8 heteroatoms. The molecule has 132 valence electrons. The van der Waals surface area contributed by atoms with Crippen molar-refractivity contribution >= 4 is 28.8 Å². The lowest BCUT2D eigenvalue weighted by molar-refractivity contribution is -0.128. The normalized spacial score (nSPS) is 17.4. The molecule has 0 unspecified atom stereocenters. The van der Waals surface area contributed by atoms with Gasteiger partial charge in [0.2, 0.25) is 11.8 Å². The summed E-state index contributed by atoms with van der Waals surface area (Å²) in [7, 11) is 0. The number of benzene rings is 1. The lowest BCUT2D eigenvalue weighted by Crippen LogP contribution is -2.62. The van der Waals surface area contributed by atoms with E-state index in [2.05, 4.69) is 4.98 Å². The van der Waals surface area contributed by atoms with Crippen molar-refractivity contribution in [3.8, 4) is 11.6 Å². The van der Waals surface area contributed by atoms with Crippen molar-refractivity contribution in [2.24, 2.45) is 0 Å². The summed E-state index contributed by atoms with van der Waals surface area (Å²) in [4.78, 5) is 43.1. The van der Waals surface area contributed by atoms with Gasteiger partial charge in [0.15, 0.2) is 0 Å². The average Bonchev–Trinajstić information content (AvgIpc) is 2.94. The number of nitrogens with zero attached hydrogens (tertiary/aromatic N) is 3. The van der Waals surface area contributed by atoms with Crippen molar-refractivity contribution in [3.05, 3.63) is 54.2 Å². The van der Waals surface area contributed by atoms with Crippen LogP contribution in [0.2, 0.25) is 0 Å². The van der Waals surface area contributed by atoms with Crippen LogP contribution in [0.3, 0.4) is 0 Å².